The number of hydrogen-bond donors (Lipinski definition) is 0. The van der Waals surface area contributed by atoms with Gasteiger partial charge < -0.3 is 9.47 Å². The Labute approximate surface area is 126 Å². The SMILES string of the molecule is CC.COC(=O)COc1nc(-c2cc(F)cc(F)c2)n(C)n1. The number of esters is 1. The Morgan fingerprint density at radius 1 is 1.23 bits per heavy atom. The topological polar surface area (TPSA) is 66.2 Å². The molecule has 0 saturated heterocycles. The summed E-state index contributed by atoms with van der Waals surface area (Å²) in [5, 5.41) is 3.88. The number of hydrogen-bond acceptors (Lipinski definition) is 5. The molecule has 0 spiro atoms. The van der Waals surface area contributed by atoms with Gasteiger partial charge >= 0.3 is 12.0 Å². The fourth-order valence-electron chi connectivity index (χ4n) is 1.54. The molecule has 1 aromatic heterocycles. The van der Waals surface area contributed by atoms with Gasteiger partial charge in [-0.15, -0.1) is 5.10 Å². The van der Waals surface area contributed by atoms with Crippen molar-refractivity contribution >= 4 is 5.97 Å². The summed E-state index contributed by atoms with van der Waals surface area (Å²) in [4.78, 5) is 14.9. The lowest BCUT2D eigenvalue weighted by molar-refractivity contribution is -0.143. The molecule has 2 rings (SSSR count). The van der Waals surface area contributed by atoms with E-state index in [2.05, 4.69) is 14.8 Å². The van der Waals surface area contributed by atoms with Crippen LogP contribution in [0.15, 0.2) is 18.2 Å². The zero-order chi connectivity index (χ0) is 16.7. The van der Waals surface area contributed by atoms with E-state index in [9.17, 15) is 13.6 Å². The van der Waals surface area contributed by atoms with Crippen LogP contribution in [0.4, 0.5) is 8.78 Å². The van der Waals surface area contributed by atoms with Gasteiger partial charge in [0.2, 0.25) is 0 Å². The highest BCUT2D eigenvalue weighted by Gasteiger charge is 2.13. The number of aryl methyl sites for hydroxylation is 1. The Morgan fingerprint density at radius 2 is 1.82 bits per heavy atom. The van der Waals surface area contributed by atoms with E-state index < -0.39 is 17.6 Å². The second-order valence-corrected chi connectivity index (χ2v) is 3.86. The molecule has 0 aliphatic rings. The molecule has 0 atom stereocenters. The van der Waals surface area contributed by atoms with Gasteiger partial charge in [0.1, 0.15) is 11.6 Å². The van der Waals surface area contributed by atoms with Gasteiger partial charge in [-0.2, -0.15) is 4.98 Å². The molecule has 8 heteroatoms. The molecule has 120 valence electrons. The highest BCUT2D eigenvalue weighted by molar-refractivity contribution is 5.70. The molecule has 0 aliphatic carbocycles. The molecule has 1 aromatic carbocycles. The first-order valence-corrected chi connectivity index (χ1v) is 6.56. The maximum Gasteiger partial charge on any atom is 0.344 e. The van der Waals surface area contributed by atoms with E-state index in [0.29, 0.717) is 0 Å². The fourth-order valence-corrected chi connectivity index (χ4v) is 1.54. The van der Waals surface area contributed by atoms with Crippen molar-refractivity contribution in [3.8, 4) is 17.4 Å². The van der Waals surface area contributed by atoms with Crippen LogP contribution in [0.2, 0.25) is 0 Å². The number of halogens is 2. The minimum atomic E-state index is -0.722. The smallest absolute Gasteiger partial charge is 0.344 e. The van der Waals surface area contributed by atoms with Crippen molar-refractivity contribution in [3.05, 3.63) is 29.8 Å². The molecule has 0 saturated carbocycles. The molecular weight excluding hydrogens is 296 g/mol. The molecule has 0 fully saturated rings. The van der Waals surface area contributed by atoms with Crippen LogP contribution in [0.25, 0.3) is 11.4 Å². The quantitative estimate of drug-likeness (QED) is 0.811. The first-order chi connectivity index (χ1) is 10.5. The highest BCUT2D eigenvalue weighted by atomic mass is 19.1. The molecule has 0 N–H and O–H groups in total. The van der Waals surface area contributed by atoms with Gasteiger partial charge in [0.15, 0.2) is 12.4 Å². The Kier molecular flexibility index (Phi) is 6.43. The predicted molar refractivity (Wildman–Crippen MR) is 75.2 cm³/mol. The number of carbonyl (C=O) groups is 1. The predicted octanol–water partition coefficient (Wildman–Crippen LogP) is 2.34. The molecule has 22 heavy (non-hydrogen) atoms. The summed E-state index contributed by atoms with van der Waals surface area (Å²) in [6.45, 7) is 3.65. The van der Waals surface area contributed by atoms with Gasteiger partial charge in [-0.25, -0.2) is 18.3 Å². The van der Waals surface area contributed by atoms with Crippen molar-refractivity contribution in [3.63, 3.8) is 0 Å². The second-order valence-electron chi connectivity index (χ2n) is 3.86. The molecule has 0 aliphatic heterocycles. The number of aromatic nitrogens is 3. The summed E-state index contributed by atoms with van der Waals surface area (Å²) in [6, 6.07) is 2.92. The van der Waals surface area contributed by atoms with Gasteiger partial charge in [-0.05, 0) is 12.1 Å². The number of rotatable bonds is 4. The van der Waals surface area contributed by atoms with Crippen LogP contribution in [0.3, 0.4) is 0 Å². The third-order valence-corrected chi connectivity index (χ3v) is 2.41. The Hall–Kier alpha value is -2.51. The molecule has 1 heterocycles. The second kappa shape index (κ2) is 8.06. The van der Waals surface area contributed by atoms with Crippen LogP contribution in [-0.2, 0) is 16.6 Å². The van der Waals surface area contributed by atoms with Crippen molar-refractivity contribution < 1.29 is 23.0 Å². The van der Waals surface area contributed by atoms with Crippen molar-refractivity contribution in [2.24, 2.45) is 7.05 Å². The largest absolute Gasteiger partial charge is 0.466 e. The first kappa shape index (κ1) is 17.5. The van der Waals surface area contributed by atoms with E-state index in [0.717, 1.165) is 18.2 Å². The van der Waals surface area contributed by atoms with Crippen LogP contribution in [0.5, 0.6) is 6.01 Å². The van der Waals surface area contributed by atoms with Crippen molar-refractivity contribution in [2.45, 2.75) is 13.8 Å². The lowest BCUT2D eigenvalue weighted by atomic mass is 10.2. The van der Waals surface area contributed by atoms with Crippen LogP contribution < -0.4 is 4.74 Å². The summed E-state index contributed by atoms with van der Waals surface area (Å²) >= 11 is 0. The lowest BCUT2D eigenvalue weighted by Crippen LogP contribution is -2.13. The summed E-state index contributed by atoms with van der Waals surface area (Å²) in [7, 11) is 2.76. The van der Waals surface area contributed by atoms with Gasteiger partial charge in [0.05, 0.1) is 7.11 Å². The molecular formula is C14H17F2N3O3. The minimum absolute atomic E-state index is 0.0856. The molecule has 0 unspecified atom stereocenters. The fraction of sp³-hybridized carbons (Fsp3) is 0.357. The standard InChI is InChI=1S/C12H11F2N3O3.C2H6/c1-17-11(7-3-8(13)5-9(14)4-7)15-12(16-17)20-6-10(18)19-2;1-2/h3-5H,6H2,1-2H3;1-2H3. The molecule has 0 bridgehead atoms. The van der Waals surface area contributed by atoms with E-state index in [1.165, 1.54) is 18.8 Å². The Balaban J connectivity index is 0.00000116. The van der Waals surface area contributed by atoms with Crippen LogP contribution in [-0.4, -0.2) is 34.5 Å². The van der Waals surface area contributed by atoms with Crippen molar-refractivity contribution in [1.29, 1.82) is 0 Å². The Bertz CT molecular complexity index is 624. The average Bonchev–Trinajstić information content (AvgIpc) is 2.87. The maximum atomic E-state index is 13.2. The monoisotopic (exact) mass is 313 g/mol. The van der Waals surface area contributed by atoms with E-state index in [-0.39, 0.29) is 24.0 Å². The molecule has 2 aromatic rings. The van der Waals surface area contributed by atoms with E-state index in [4.69, 9.17) is 4.74 Å². The summed E-state index contributed by atoms with van der Waals surface area (Å²) in [6.07, 6.45) is 0. The van der Waals surface area contributed by atoms with Gasteiger partial charge in [-0.1, -0.05) is 13.8 Å². The minimum Gasteiger partial charge on any atom is -0.466 e. The number of benzene rings is 1. The van der Waals surface area contributed by atoms with Crippen molar-refractivity contribution in [2.75, 3.05) is 13.7 Å². The van der Waals surface area contributed by atoms with E-state index in [1.807, 2.05) is 13.8 Å². The molecule has 6 nitrogen and oxygen atoms in total. The van der Waals surface area contributed by atoms with E-state index >= 15 is 0 Å². The number of nitrogens with zero attached hydrogens (tertiary/aromatic N) is 3. The third-order valence-electron chi connectivity index (χ3n) is 2.41. The normalized spacial score (nSPS) is 9.73. The van der Waals surface area contributed by atoms with Gasteiger partial charge in [-0.3, -0.25) is 0 Å². The number of methoxy groups -OCH3 is 1. The zero-order valence-corrected chi connectivity index (χ0v) is 12.8. The van der Waals surface area contributed by atoms with Gasteiger partial charge in [0, 0.05) is 18.7 Å². The summed E-state index contributed by atoms with van der Waals surface area (Å²) in [5.74, 6) is -1.82. The number of carbonyl (C=O) groups excluding carboxylic acids is 1. The highest BCUT2D eigenvalue weighted by Crippen LogP contribution is 2.21. The Morgan fingerprint density at radius 3 is 2.36 bits per heavy atom. The number of ether oxygens (including phenoxy) is 2. The van der Waals surface area contributed by atoms with Crippen LogP contribution in [0.1, 0.15) is 13.8 Å². The third kappa shape index (κ3) is 4.51. The summed E-state index contributed by atoms with van der Waals surface area (Å²) < 4.78 is 37.0. The molecule has 0 amide bonds. The van der Waals surface area contributed by atoms with Crippen LogP contribution >= 0.6 is 0 Å². The van der Waals surface area contributed by atoms with Crippen LogP contribution in [0, 0.1) is 11.6 Å². The van der Waals surface area contributed by atoms with Crippen molar-refractivity contribution in [1.82, 2.24) is 14.8 Å². The average molecular weight is 313 g/mol. The zero-order valence-electron chi connectivity index (χ0n) is 12.8. The van der Waals surface area contributed by atoms with E-state index in [1.54, 1.807) is 0 Å². The lowest BCUT2D eigenvalue weighted by Gasteiger charge is -2.00. The molecule has 0 radical (unpaired) electrons. The first-order valence-electron chi connectivity index (χ1n) is 6.56. The summed E-state index contributed by atoms with van der Waals surface area (Å²) in [5.41, 5.74) is 0.213. The van der Waals surface area contributed by atoms with Gasteiger partial charge in [0.25, 0.3) is 0 Å². The maximum absolute atomic E-state index is 13.2.